The van der Waals surface area contributed by atoms with Crippen molar-refractivity contribution in [3.05, 3.63) is 59.9 Å². The fourth-order valence-electron chi connectivity index (χ4n) is 3.48. The summed E-state index contributed by atoms with van der Waals surface area (Å²) in [5.74, 6) is -1.06. The van der Waals surface area contributed by atoms with Gasteiger partial charge in [-0.1, -0.05) is 18.2 Å². The second-order valence-electron chi connectivity index (χ2n) is 8.85. The van der Waals surface area contributed by atoms with Crippen LogP contribution in [0.1, 0.15) is 31.1 Å². The van der Waals surface area contributed by atoms with Gasteiger partial charge < -0.3 is 15.5 Å². The van der Waals surface area contributed by atoms with Crippen molar-refractivity contribution < 1.29 is 22.4 Å². The van der Waals surface area contributed by atoms with Crippen LogP contribution in [0.15, 0.2) is 53.4 Å². The number of amides is 2. The van der Waals surface area contributed by atoms with Crippen LogP contribution >= 0.6 is 0 Å². The first kappa shape index (κ1) is 24.7. The van der Waals surface area contributed by atoms with E-state index in [-0.39, 0.29) is 49.4 Å². The number of carbonyl (C=O) groups is 2. The molecule has 0 saturated carbocycles. The van der Waals surface area contributed by atoms with Crippen molar-refractivity contribution in [3.8, 4) is 0 Å². The van der Waals surface area contributed by atoms with Crippen LogP contribution in [0.5, 0.6) is 0 Å². The first-order valence-corrected chi connectivity index (χ1v) is 12.1. The van der Waals surface area contributed by atoms with Gasteiger partial charge in [0.05, 0.1) is 17.0 Å². The Morgan fingerprint density at radius 1 is 1.00 bits per heavy atom. The number of hydrogen-bond donors (Lipinski definition) is 2. The molecule has 0 aliphatic carbocycles. The maximum absolute atomic E-state index is 13.4. The molecule has 3 rings (SSSR count). The lowest BCUT2D eigenvalue weighted by Crippen LogP contribution is -2.51. The predicted molar refractivity (Wildman–Crippen MR) is 124 cm³/mol. The molecule has 2 aromatic carbocycles. The van der Waals surface area contributed by atoms with Crippen LogP contribution in [0.3, 0.4) is 0 Å². The highest BCUT2D eigenvalue weighted by molar-refractivity contribution is 7.89. The van der Waals surface area contributed by atoms with Crippen LogP contribution in [-0.2, 0) is 14.8 Å². The SMILES string of the molecule is CC(C)(C)NC(=O)c1ccccc1NCC(=O)N1CCN(S(=O)(=O)c2cccc(F)c2)CC1. The zero-order chi connectivity index (χ0) is 24.2. The molecule has 0 bridgehead atoms. The zero-order valence-corrected chi connectivity index (χ0v) is 19.8. The second kappa shape index (κ2) is 9.88. The Morgan fingerprint density at radius 2 is 1.67 bits per heavy atom. The summed E-state index contributed by atoms with van der Waals surface area (Å²) in [7, 11) is -3.82. The summed E-state index contributed by atoms with van der Waals surface area (Å²) < 4.78 is 40.2. The molecule has 1 fully saturated rings. The number of sulfonamides is 1. The second-order valence-corrected chi connectivity index (χ2v) is 10.8. The molecule has 0 aromatic heterocycles. The van der Waals surface area contributed by atoms with E-state index in [1.165, 1.54) is 22.5 Å². The molecular weight excluding hydrogens is 447 g/mol. The normalized spacial score (nSPS) is 15.2. The van der Waals surface area contributed by atoms with Gasteiger partial charge in [0.2, 0.25) is 15.9 Å². The van der Waals surface area contributed by atoms with Crippen LogP contribution in [0.4, 0.5) is 10.1 Å². The molecule has 178 valence electrons. The van der Waals surface area contributed by atoms with Gasteiger partial charge in [-0.25, -0.2) is 12.8 Å². The van der Waals surface area contributed by atoms with Crippen LogP contribution < -0.4 is 10.6 Å². The average molecular weight is 477 g/mol. The van der Waals surface area contributed by atoms with Gasteiger partial charge in [0.1, 0.15) is 5.82 Å². The standard InChI is InChI=1S/C23H29FN4O4S/c1-23(2,3)26-22(30)19-9-4-5-10-20(19)25-16-21(29)27-11-13-28(14-12-27)33(31,32)18-8-6-7-17(24)15-18/h4-10,15,25H,11-14,16H2,1-3H3,(H,26,30). The Kier molecular flexibility index (Phi) is 7.38. The molecule has 1 aliphatic heterocycles. The average Bonchev–Trinajstić information content (AvgIpc) is 2.76. The van der Waals surface area contributed by atoms with Gasteiger partial charge in [0.15, 0.2) is 0 Å². The number of benzene rings is 2. The molecule has 1 heterocycles. The molecule has 0 atom stereocenters. The fraction of sp³-hybridized carbons (Fsp3) is 0.391. The van der Waals surface area contributed by atoms with Crippen LogP contribution in [0, 0.1) is 5.82 Å². The van der Waals surface area contributed by atoms with Crippen molar-refractivity contribution in [1.29, 1.82) is 0 Å². The van der Waals surface area contributed by atoms with E-state index < -0.39 is 21.4 Å². The maximum atomic E-state index is 13.4. The summed E-state index contributed by atoms with van der Waals surface area (Å²) in [6, 6.07) is 11.8. The molecular formula is C23H29FN4O4S. The van der Waals surface area contributed by atoms with Crippen molar-refractivity contribution in [2.45, 2.75) is 31.2 Å². The molecule has 2 amide bonds. The Hall–Kier alpha value is -2.98. The molecule has 1 saturated heterocycles. The van der Waals surface area contributed by atoms with E-state index in [4.69, 9.17) is 0 Å². The summed E-state index contributed by atoms with van der Waals surface area (Å²) in [6.07, 6.45) is 0. The van der Waals surface area contributed by atoms with Gasteiger partial charge in [-0.05, 0) is 51.1 Å². The van der Waals surface area contributed by atoms with E-state index in [0.717, 1.165) is 6.07 Å². The van der Waals surface area contributed by atoms with Crippen molar-refractivity contribution in [3.63, 3.8) is 0 Å². The third-order valence-electron chi connectivity index (χ3n) is 5.12. The number of anilines is 1. The smallest absolute Gasteiger partial charge is 0.253 e. The van der Waals surface area contributed by atoms with Crippen LogP contribution in [0.25, 0.3) is 0 Å². The first-order chi connectivity index (χ1) is 15.5. The Balaban J connectivity index is 1.58. The van der Waals surface area contributed by atoms with Gasteiger partial charge in [0, 0.05) is 37.4 Å². The molecule has 2 N–H and O–H groups in total. The summed E-state index contributed by atoms with van der Waals surface area (Å²) in [5.41, 5.74) is 0.581. The van der Waals surface area contributed by atoms with Gasteiger partial charge >= 0.3 is 0 Å². The predicted octanol–water partition coefficient (Wildman–Crippen LogP) is 2.30. The van der Waals surface area contributed by atoms with Crippen LogP contribution in [-0.4, -0.2) is 67.7 Å². The summed E-state index contributed by atoms with van der Waals surface area (Å²) >= 11 is 0. The highest BCUT2D eigenvalue weighted by Crippen LogP contribution is 2.19. The quantitative estimate of drug-likeness (QED) is 0.667. The van der Waals surface area contributed by atoms with E-state index >= 15 is 0 Å². The van der Waals surface area contributed by atoms with Crippen molar-refractivity contribution in [1.82, 2.24) is 14.5 Å². The zero-order valence-electron chi connectivity index (χ0n) is 19.0. The molecule has 1 aliphatic rings. The van der Waals surface area contributed by atoms with Crippen molar-refractivity contribution in [2.75, 3.05) is 38.0 Å². The van der Waals surface area contributed by atoms with Crippen molar-refractivity contribution in [2.24, 2.45) is 0 Å². The fourth-order valence-corrected chi connectivity index (χ4v) is 4.93. The van der Waals surface area contributed by atoms with E-state index in [0.29, 0.717) is 11.3 Å². The van der Waals surface area contributed by atoms with E-state index in [9.17, 15) is 22.4 Å². The number of carbonyl (C=O) groups excluding carboxylic acids is 2. The van der Waals surface area contributed by atoms with Gasteiger partial charge in [-0.15, -0.1) is 0 Å². The number of hydrogen-bond acceptors (Lipinski definition) is 5. The monoisotopic (exact) mass is 476 g/mol. The van der Waals surface area contributed by atoms with Gasteiger partial charge in [-0.2, -0.15) is 4.31 Å². The summed E-state index contributed by atoms with van der Waals surface area (Å²) in [6.45, 7) is 6.32. The Labute approximate surface area is 193 Å². The minimum Gasteiger partial charge on any atom is -0.376 e. The van der Waals surface area contributed by atoms with Gasteiger partial charge in [-0.3, -0.25) is 9.59 Å². The minimum atomic E-state index is -3.82. The highest BCUT2D eigenvalue weighted by Gasteiger charge is 2.30. The third-order valence-corrected chi connectivity index (χ3v) is 7.01. The molecule has 0 spiro atoms. The lowest BCUT2D eigenvalue weighted by atomic mass is 10.1. The minimum absolute atomic E-state index is 0.0313. The Bertz CT molecular complexity index is 1120. The number of nitrogens with one attached hydrogen (secondary N) is 2. The number of para-hydroxylation sites is 1. The maximum Gasteiger partial charge on any atom is 0.253 e. The third kappa shape index (κ3) is 6.29. The number of halogens is 1. The molecule has 0 unspecified atom stereocenters. The van der Waals surface area contributed by atoms with E-state index in [1.807, 2.05) is 20.8 Å². The topological polar surface area (TPSA) is 98.8 Å². The van der Waals surface area contributed by atoms with E-state index in [1.54, 1.807) is 29.2 Å². The molecule has 0 radical (unpaired) electrons. The lowest BCUT2D eigenvalue weighted by molar-refractivity contribution is -0.130. The molecule has 2 aromatic rings. The Morgan fingerprint density at radius 3 is 2.30 bits per heavy atom. The first-order valence-electron chi connectivity index (χ1n) is 10.7. The largest absolute Gasteiger partial charge is 0.376 e. The molecule has 8 nitrogen and oxygen atoms in total. The number of rotatable bonds is 6. The molecule has 10 heteroatoms. The number of piperazine rings is 1. The summed E-state index contributed by atoms with van der Waals surface area (Å²) in [4.78, 5) is 26.7. The summed E-state index contributed by atoms with van der Waals surface area (Å²) in [5, 5.41) is 5.93. The molecule has 33 heavy (non-hydrogen) atoms. The van der Waals surface area contributed by atoms with Crippen molar-refractivity contribution >= 4 is 27.5 Å². The highest BCUT2D eigenvalue weighted by atomic mass is 32.2. The number of nitrogens with zero attached hydrogens (tertiary/aromatic N) is 2. The van der Waals surface area contributed by atoms with Gasteiger partial charge in [0.25, 0.3) is 5.91 Å². The van der Waals surface area contributed by atoms with E-state index in [2.05, 4.69) is 10.6 Å². The van der Waals surface area contributed by atoms with Crippen LogP contribution in [0.2, 0.25) is 0 Å². The lowest BCUT2D eigenvalue weighted by Gasteiger charge is -2.34.